The van der Waals surface area contributed by atoms with Crippen LogP contribution in [0, 0.1) is 12.8 Å². The zero-order valence-electron chi connectivity index (χ0n) is 19.4. The summed E-state index contributed by atoms with van der Waals surface area (Å²) in [6.07, 6.45) is 6.08. The molecule has 7 heteroatoms. The zero-order valence-corrected chi connectivity index (χ0v) is 20.2. The summed E-state index contributed by atoms with van der Waals surface area (Å²) >= 11 is 0.195. The second-order valence-corrected chi connectivity index (χ2v) is 9.19. The van der Waals surface area contributed by atoms with Crippen molar-refractivity contribution >= 4 is 18.0 Å². The van der Waals surface area contributed by atoms with Gasteiger partial charge in [0, 0.05) is 24.7 Å². The number of allylic oxidation sites excluding steroid dienone is 2. The summed E-state index contributed by atoms with van der Waals surface area (Å²) < 4.78 is 14.9. The van der Waals surface area contributed by atoms with Gasteiger partial charge in [0.15, 0.2) is 0 Å². The number of hydrogen-bond donors (Lipinski definition) is 3. The van der Waals surface area contributed by atoms with Crippen LogP contribution in [0.2, 0.25) is 0 Å². The molecule has 34 heavy (non-hydrogen) atoms. The number of aromatic nitrogens is 2. The fourth-order valence-corrected chi connectivity index (χ4v) is 4.46. The van der Waals surface area contributed by atoms with E-state index in [2.05, 4.69) is 46.6 Å². The Bertz CT molecular complexity index is 1140. The standard InChI is InChI=1S/C27H31FN4OS/c1-19(23-17-24(23)21-9-4-3-5-10-21)29-15-8-16-30-27(32-20(2)26(34-28)18-31-32)14-13-22-11-6-7-12-25(22)33/h3-7,9-12,14,18,23-24,29-30,33H,1,8,13,15-17H2,2H3/b27-14-/t23?,24-/m0/s1. The van der Waals surface area contributed by atoms with Crippen LogP contribution in [0.25, 0.3) is 5.82 Å². The van der Waals surface area contributed by atoms with Gasteiger partial charge in [-0.15, -0.1) is 0 Å². The third-order valence-electron chi connectivity index (χ3n) is 6.26. The van der Waals surface area contributed by atoms with Gasteiger partial charge in [-0.25, -0.2) is 4.68 Å². The van der Waals surface area contributed by atoms with Gasteiger partial charge in [-0.05, 0) is 55.4 Å². The number of para-hydroxylation sites is 1. The number of benzene rings is 2. The first-order valence-corrected chi connectivity index (χ1v) is 12.3. The predicted molar refractivity (Wildman–Crippen MR) is 137 cm³/mol. The Morgan fingerprint density at radius 3 is 2.65 bits per heavy atom. The van der Waals surface area contributed by atoms with Crippen molar-refractivity contribution in [3.8, 4) is 5.75 Å². The van der Waals surface area contributed by atoms with E-state index in [0.29, 0.717) is 23.2 Å². The molecule has 3 aromatic rings. The SMILES string of the molecule is C=C(NCCCN/C(=C/Cc1ccccc1O)n1ncc(SF)c1C)C1C[C@H]1c1ccccc1. The van der Waals surface area contributed by atoms with Crippen molar-refractivity contribution < 1.29 is 8.99 Å². The molecule has 1 heterocycles. The largest absolute Gasteiger partial charge is 0.508 e. The van der Waals surface area contributed by atoms with Crippen molar-refractivity contribution in [2.75, 3.05) is 13.1 Å². The van der Waals surface area contributed by atoms with Crippen molar-refractivity contribution in [2.24, 2.45) is 5.92 Å². The number of aromatic hydroxyl groups is 1. The Balaban J connectivity index is 1.30. The van der Waals surface area contributed by atoms with Gasteiger partial charge in [0.05, 0.1) is 28.9 Å². The van der Waals surface area contributed by atoms with E-state index >= 15 is 0 Å². The fraction of sp³-hybridized carbons (Fsp3) is 0.296. The van der Waals surface area contributed by atoms with Crippen LogP contribution >= 0.6 is 12.1 Å². The Morgan fingerprint density at radius 1 is 1.18 bits per heavy atom. The van der Waals surface area contributed by atoms with Crippen LogP contribution in [0.3, 0.4) is 0 Å². The van der Waals surface area contributed by atoms with E-state index in [0.717, 1.165) is 48.7 Å². The summed E-state index contributed by atoms with van der Waals surface area (Å²) in [4.78, 5) is 0.491. The van der Waals surface area contributed by atoms with Gasteiger partial charge in [0.1, 0.15) is 11.6 Å². The van der Waals surface area contributed by atoms with Crippen LogP contribution in [0.15, 0.2) is 84.0 Å². The predicted octanol–water partition coefficient (Wildman–Crippen LogP) is 5.80. The molecule has 0 bridgehead atoms. The molecule has 0 spiro atoms. The number of hydrogen-bond acceptors (Lipinski definition) is 5. The van der Waals surface area contributed by atoms with Gasteiger partial charge in [0.25, 0.3) is 0 Å². The summed E-state index contributed by atoms with van der Waals surface area (Å²) in [5, 5.41) is 21.4. The Morgan fingerprint density at radius 2 is 1.91 bits per heavy atom. The summed E-state index contributed by atoms with van der Waals surface area (Å²) in [5.74, 6) is 2.11. The summed E-state index contributed by atoms with van der Waals surface area (Å²) in [5.41, 5.74) is 4.05. The summed E-state index contributed by atoms with van der Waals surface area (Å²) in [7, 11) is 0. The highest BCUT2D eigenvalue weighted by molar-refractivity contribution is 7.94. The first-order valence-electron chi connectivity index (χ1n) is 11.6. The number of halogens is 1. The highest BCUT2D eigenvalue weighted by Crippen LogP contribution is 2.50. The van der Waals surface area contributed by atoms with Crippen molar-refractivity contribution in [1.29, 1.82) is 0 Å². The third kappa shape index (κ3) is 5.83. The van der Waals surface area contributed by atoms with Gasteiger partial charge >= 0.3 is 0 Å². The number of rotatable bonds is 12. The molecule has 1 fully saturated rings. The van der Waals surface area contributed by atoms with Gasteiger partial charge in [-0.3, -0.25) is 0 Å². The molecule has 2 aromatic carbocycles. The molecule has 0 aliphatic heterocycles. The molecule has 1 aliphatic rings. The van der Waals surface area contributed by atoms with Crippen molar-refractivity contribution in [3.63, 3.8) is 0 Å². The third-order valence-corrected chi connectivity index (χ3v) is 6.83. The molecule has 0 radical (unpaired) electrons. The van der Waals surface area contributed by atoms with E-state index in [4.69, 9.17) is 0 Å². The van der Waals surface area contributed by atoms with Gasteiger partial charge < -0.3 is 15.7 Å². The maximum Gasteiger partial charge on any atom is 0.124 e. The molecule has 3 N–H and O–H groups in total. The number of phenols is 1. The lowest BCUT2D eigenvalue weighted by Gasteiger charge is -2.15. The lowest BCUT2D eigenvalue weighted by atomic mass is 10.1. The van der Waals surface area contributed by atoms with E-state index in [1.807, 2.05) is 31.2 Å². The minimum Gasteiger partial charge on any atom is -0.508 e. The topological polar surface area (TPSA) is 62.1 Å². The van der Waals surface area contributed by atoms with E-state index in [1.54, 1.807) is 16.8 Å². The van der Waals surface area contributed by atoms with Crippen LogP contribution in [-0.4, -0.2) is 28.0 Å². The second kappa shape index (κ2) is 11.3. The quantitative estimate of drug-likeness (QED) is 0.287. The monoisotopic (exact) mass is 478 g/mol. The molecular formula is C27H31FN4OS. The molecular weight excluding hydrogens is 447 g/mol. The molecule has 1 aliphatic carbocycles. The van der Waals surface area contributed by atoms with Crippen LogP contribution in [0.4, 0.5) is 3.89 Å². The van der Waals surface area contributed by atoms with Crippen molar-refractivity contribution in [1.82, 2.24) is 20.4 Å². The molecule has 0 amide bonds. The van der Waals surface area contributed by atoms with Crippen LogP contribution in [0.1, 0.15) is 35.6 Å². The Labute approximate surface area is 205 Å². The molecule has 1 unspecified atom stereocenters. The van der Waals surface area contributed by atoms with E-state index in [9.17, 15) is 8.99 Å². The normalized spacial score (nSPS) is 17.4. The summed E-state index contributed by atoms with van der Waals surface area (Å²) in [6.45, 7) is 7.63. The zero-order chi connectivity index (χ0) is 23.9. The lowest BCUT2D eigenvalue weighted by molar-refractivity contribution is 0.469. The van der Waals surface area contributed by atoms with E-state index in [-0.39, 0.29) is 17.9 Å². The molecule has 2 atom stereocenters. The molecule has 0 saturated heterocycles. The van der Waals surface area contributed by atoms with E-state index < -0.39 is 0 Å². The minimum atomic E-state index is 0.195. The number of nitrogens with zero attached hydrogens (tertiary/aromatic N) is 2. The Hall–Kier alpha value is -3.19. The highest BCUT2D eigenvalue weighted by atomic mass is 32.2. The van der Waals surface area contributed by atoms with Crippen LogP contribution in [-0.2, 0) is 6.42 Å². The number of phenolic OH excluding ortho intramolecular Hbond substituents is 1. The average molecular weight is 479 g/mol. The molecule has 1 aromatic heterocycles. The maximum absolute atomic E-state index is 13.2. The second-order valence-electron chi connectivity index (χ2n) is 8.60. The first-order chi connectivity index (χ1) is 16.6. The molecule has 178 valence electrons. The Kier molecular flexibility index (Phi) is 7.95. The number of nitrogens with one attached hydrogen (secondary N) is 2. The smallest absolute Gasteiger partial charge is 0.124 e. The minimum absolute atomic E-state index is 0.195. The van der Waals surface area contributed by atoms with E-state index in [1.165, 1.54) is 11.8 Å². The first kappa shape index (κ1) is 24.0. The lowest BCUT2D eigenvalue weighted by Crippen LogP contribution is -2.24. The van der Waals surface area contributed by atoms with Crippen LogP contribution in [0.5, 0.6) is 5.75 Å². The average Bonchev–Trinajstić information content (AvgIpc) is 3.58. The van der Waals surface area contributed by atoms with Crippen molar-refractivity contribution in [2.45, 2.75) is 37.0 Å². The van der Waals surface area contributed by atoms with Gasteiger partial charge in [-0.1, -0.05) is 55.1 Å². The fourth-order valence-electron chi connectivity index (χ4n) is 4.17. The molecule has 5 nitrogen and oxygen atoms in total. The summed E-state index contributed by atoms with van der Waals surface area (Å²) in [6, 6.07) is 17.9. The van der Waals surface area contributed by atoms with Crippen LogP contribution < -0.4 is 10.6 Å². The maximum atomic E-state index is 13.2. The molecule has 4 rings (SSSR count). The highest BCUT2D eigenvalue weighted by Gasteiger charge is 2.40. The van der Waals surface area contributed by atoms with Gasteiger partial charge in [-0.2, -0.15) is 8.98 Å². The molecule has 1 saturated carbocycles. The van der Waals surface area contributed by atoms with Crippen molar-refractivity contribution in [3.05, 3.63) is 96.0 Å². The van der Waals surface area contributed by atoms with Gasteiger partial charge in [0.2, 0.25) is 0 Å².